The van der Waals surface area contributed by atoms with Gasteiger partial charge in [-0.2, -0.15) is 0 Å². The Hall–Kier alpha value is -7.83. The smallest absolute Gasteiger partial charge is 0.139 e. The van der Waals surface area contributed by atoms with Gasteiger partial charge in [0, 0.05) is 57.3 Å². The number of pyridine rings is 3. The van der Waals surface area contributed by atoms with Gasteiger partial charge in [0.2, 0.25) is 0 Å². The molecule has 1 aliphatic heterocycles. The molecule has 270 valence electrons. The number of fused-ring (bicyclic) bond motifs is 15. The van der Waals surface area contributed by atoms with Gasteiger partial charge in [0.1, 0.15) is 17.3 Å². The van der Waals surface area contributed by atoms with E-state index in [0.29, 0.717) is 0 Å². The highest BCUT2D eigenvalue weighted by atomic mass is 16.5. The van der Waals surface area contributed by atoms with E-state index in [1.54, 1.807) is 0 Å². The molecule has 0 fully saturated rings. The highest BCUT2D eigenvalue weighted by Gasteiger charge is 2.52. The molecule has 11 aromatic rings. The first-order valence-corrected chi connectivity index (χ1v) is 19.6. The number of hydrogen-bond acceptors (Lipinski definition) is 4. The van der Waals surface area contributed by atoms with Crippen LogP contribution in [0.15, 0.2) is 188 Å². The summed E-state index contributed by atoms with van der Waals surface area (Å²) in [5.41, 5.74) is 13.5. The lowest BCUT2D eigenvalue weighted by Crippen LogP contribution is -2.32. The fraction of sp³-hybridized carbons (Fsp3) is 0.0192. The maximum Gasteiger partial charge on any atom is 0.139 e. The van der Waals surface area contributed by atoms with Crippen molar-refractivity contribution < 1.29 is 4.74 Å². The van der Waals surface area contributed by atoms with Crippen molar-refractivity contribution in [2.45, 2.75) is 5.41 Å². The van der Waals surface area contributed by atoms with E-state index in [0.717, 1.165) is 89.8 Å². The maximum atomic E-state index is 6.70. The third-order valence-electron chi connectivity index (χ3n) is 12.3. The Labute approximate surface area is 332 Å². The number of nitrogens with zero attached hydrogens (tertiary/aromatic N) is 5. The molecule has 6 heteroatoms. The van der Waals surface area contributed by atoms with E-state index >= 15 is 0 Å². The Kier molecular flexibility index (Phi) is 6.28. The molecule has 0 bridgehead atoms. The van der Waals surface area contributed by atoms with Crippen molar-refractivity contribution in [2.75, 3.05) is 0 Å². The third-order valence-corrected chi connectivity index (χ3v) is 12.3. The predicted octanol–water partition coefficient (Wildman–Crippen LogP) is 12.2. The van der Waals surface area contributed by atoms with Crippen molar-refractivity contribution in [3.8, 4) is 45.5 Å². The van der Waals surface area contributed by atoms with E-state index in [1.807, 2.05) is 36.8 Å². The van der Waals surface area contributed by atoms with Crippen LogP contribution in [0.3, 0.4) is 0 Å². The molecule has 6 heterocycles. The van der Waals surface area contributed by atoms with Crippen molar-refractivity contribution in [1.29, 1.82) is 0 Å². The molecule has 58 heavy (non-hydrogen) atoms. The van der Waals surface area contributed by atoms with Crippen LogP contribution in [0.1, 0.15) is 22.3 Å². The number of aromatic nitrogens is 5. The third kappa shape index (κ3) is 4.08. The standard InChI is InChI=1S/C52H31N5O/c1-6-18-44-35(11-1)36-12-2-7-19-45(36)57(44)49-31-34(25-28-53-49)56-43-17-5-3-13-37(43)38-29-32(21-23-46(38)56)33-22-24-48-42(30-33)52(39-14-4-8-20-47(39)58-48)40-15-9-26-54-50(40)51-41(52)16-10-27-55-51/h1-31H. The summed E-state index contributed by atoms with van der Waals surface area (Å²) in [7, 11) is 0. The van der Waals surface area contributed by atoms with Crippen LogP contribution in [-0.2, 0) is 5.41 Å². The van der Waals surface area contributed by atoms with Gasteiger partial charge in [-0.1, -0.05) is 97.1 Å². The summed E-state index contributed by atoms with van der Waals surface area (Å²) in [5, 5.41) is 4.81. The Morgan fingerprint density at radius 1 is 0.379 bits per heavy atom. The lowest BCUT2D eigenvalue weighted by molar-refractivity contribution is 0.436. The second kappa shape index (κ2) is 11.6. The Morgan fingerprint density at radius 3 is 1.66 bits per heavy atom. The first kappa shape index (κ1) is 31.4. The zero-order valence-corrected chi connectivity index (χ0v) is 31.0. The molecule has 0 saturated heterocycles. The molecule has 0 atom stereocenters. The molecule has 1 aliphatic carbocycles. The van der Waals surface area contributed by atoms with Gasteiger partial charge in [0.15, 0.2) is 0 Å². The predicted molar refractivity (Wildman–Crippen MR) is 231 cm³/mol. The Balaban J connectivity index is 1.00. The summed E-state index contributed by atoms with van der Waals surface area (Å²) >= 11 is 0. The summed E-state index contributed by atoms with van der Waals surface area (Å²) in [6.45, 7) is 0. The van der Waals surface area contributed by atoms with Crippen LogP contribution in [0.2, 0.25) is 0 Å². The van der Waals surface area contributed by atoms with Gasteiger partial charge in [-0.3, -0.25) is 14.5 Å². The van der Waals surface area contributed by atoms with E-state index in [4.69, 9.17) is 19.7 Å². The highest BCUT2D eigenvalue weighted by molar-refractivity contribution is 6.11. The van der Waals surface area contributed by atoms with Gasteiger partial charge in [-0.05, 0) is 89.0 Å². The normalized spacial score (nSPS) is 13.4. The summed E-state index contributed by atoms with van der Waals surface area (Å²) in [5.74, 6) is 2.56. The zero-order valence-electron chi connectivity index (χ0n) is 31.0. The Bertz CT molecular complexity index is 3420. The molecule has 0 radical (unpaired) electrons. The topological polar surface area (TPSA) is 57.8 Å². The zero-order chi connectivity index (χ0) is 38.0. The van der Waals surface area contributed by atoms with Gasteiger partial charge in [0.25, 0.3) is 0 Å². The summed E-state index contributed by atoms with van der Waals surface area (Å²) in [4.78, 5) is 14.8. The fourth-order valence-electron chi connectivity index (χ4n) is 10.0. The quantitative estimate of drug-likeness (QED) is 0.181. The molecule has 6 nitrogen and oxygen atoms in total. The van der Waals surface area contributed by atoms with Crippen LogP contribution in [0.4, 0.5) is 0 Å². The summed E-state index contributed by atoms with van der Waals surface area (Å²) < 4.78 is 11.3. The monoisotopic (exact) mass is 741 g/mol. The first-order valence-electron chi connectivity index (χ1n) is 19.6. The molecular formula is C52H31N5O. The average Bonchev–Trinajstić information content (AvgIpc) is 3.91. The SMILES string of the molecule is c1ccc2c(c1)Oc1ccc(-c3ccc4c(c3)c3ccccc3n4-c3ccnc(-n4c5ccccc5c5ccccc54)c3)cc1C21c2cccnc2-c2ncccc21. The lowest BCUT2D eigenvalue weighted by Gasteiger charge is -2.39. The van der Waals surface area contributed by atoms with Gasteiger partial charge in [-0.25, -0.2) is 4.98 Å². The van der Waals surface area contributed by atoms with Gasteiger partial charge < -0.3 is 9.30 Å². The molecule has 0 saturated carbocycles. The maximum absolute atomic E-state index is 6.70. The minimum Gasteiger partial charge on any atom is -0.457 e. The highest BCUT2D eigenvalue weighted by Crippen LogP contribution is 2.61. The van der Waals surface area contributed by atoms with Gasteiger partial charge in [0.05, 0.1) is 44.6 Å². The fourth-order valence-corrected chi connectivity index (χ4v) is 10.0. The van der Waals surface area contributed by atoms with Crippen molar-refractivity contribution in [1.82, 2.24) is 24.1 Å². The minimum atomic E-state index is -0.636. The molecule has 2 aliphatic rings. The van der Waals surface area contributed by atoms with Crippen molar-refractivity contribution >= 4 is 43.6 Å². The second-order valence-electron chi connectivity index (χ2n) is 15.2. The Morgan fingerprint density at radius 2 is 0.931 bits per heavy atom. The molecule has 0 N–H and O–H groups in total. The molecular weight excluding hydrogens is 711 g/mol. The van der Waals surface area contributed by atoms with Crippen molar-refractivity contribution in [3.63, 3.8) is 0 Å². The van der Waals surface area contributed by atoms with E-state index in [9.17, 15) is 0 Å². The van der Waals surface area contributed by atoms with E-state index in [-0.39, 0.29) is 0 Å². The van der Waals surface area contributed by atoms with Crippen LogP contribution in [0.5, 0.6) is 11.5 Å². The number of benzene rings is 6. The van der Waals surface area contributed by atoms with Crippen LogP contribution < -0.4 is 4.74 Å². The van der Waals surface area contributed by atoms with Crippen LogP contribution in [0.25, 0.3) is 77.6 Å². The van der Waals surface area contributed by atoms with E-state index in [1.165, 1.54) is 21.5 Å². The molecule has 0 unspecified atom stereocenters. The van der Waals surface area contributed by atoms with E-state index in [2.05, 4.69) is 161 Å². The number of rotatable bonds is 3. The van der Waals surface area contributed by atoms with Crippen LogP contribution in [0, 0.1) is 0 Å². The van der Waals surface area contributed by atoms with Crippen LogP contribution >= 0.6 is 0 Å². The summed E-state index contributed by atoms with van der Waals surface area (Å²) in [6, 6.07) is 60.5. The van der Waals surface area contributed by atoms with Gasteiger partial charge in [-0.15, -0.1) is 0 Å². The molecule has 1 spiro atoms. The van der Waals surface area contributed by atoms with Crippen molar-refractivity contribution in [2.24, 2.45) is 0 Å². The largest absolute Gasteiger partial charge is 0.457 e. The lowest BCUT2D eigenvalue weighted by atomic mass is 9.66. The average molecular weight is 742 g/mol. The molecule has 6 aromatic carbocycles. The van der Waals surface area contributed by atoms with Gasteiger partial charge >= 0.3 is 0 Å². The summed E-state index contributed by atoms with van der Waals surface area (Å²) in [6.07, 6.45) is 5.65. The van der Waals surface area contributed by atoms with Crippen molar-refractivity contribution in [3.05, 3.63) is 211 Å². The number of ether oxygens (including phenoxy) is 1. The van der Waals surface area contributed by atoms with Crippen LogP contribution in [-0.4, -0.2) is 24.1 Å². The second-order valence-corrected chi connectivity index (χ2v) is 15.2. The first-order chi connectivity index (χ1) is 28.8. The van der Waals surface area contributed by atoms with E-state index < -0.39 is 5.41 Å². The molecule has 5 aromatic heterocycles. The minimum absolute atomic E-state index is 0.636. The number of para-hydroxylation sites is 4. The molecule has 0 amide bonds. The molecule has 13 rings (SSSR count). The number of hydrogen-bond donors (Lipinski definition) is 0.